The fourth-order valence-corrected chi connectivity index (χ4v) is 2.70. The van der Waals surface area contributed by atoms with Crippen molar-refractivity contribution in [1.29, 1.82) is 5.26 Å². The molecule has 1 aliphatic heterocycles. The van der Waals surface area contributed by atoms with Crippen LogP contribution in [0.1, 0.15) is 17.4 Å². The molecular weight excluding hydrogens is 332 g/mol. The molecule has 0 N–H and O–H groups in total. The Kier molecular flexibility index (Phi) is 5.25. The van der Waals surface area contributed by atoms with Crippen molar-refractivity contribution >= 4 is 17.4 Å². The summed E-state index contributed by atoms with van der Waals surface area (Å²) in [5, 5.41) is 13.3. The maximum Gasteiger partial charge on any atom is 0.240 e. The molecule has 0 aromatic carbocycles. The van der Waals surface area contributed by atoms with Gasteiger partial charge >= 0.3 is 0 Å². The second-order valence-corrected chi connectivity index (χ2v) is 5.82. The van der Waals surface area contributed by atoms with Crippen LogP contribution in [0, 0.1) is 11.3 Å². The number of nitrogens with zero attached hydrogens (tertiary/aromatic N) is 6. The normalized spacial score (nSPS) is 15.5. The van der Waals surface area contributed by atoms with Gasteiger partial charge in [-0.2, -0.15) is 10.2 Å². The van der Waals surface area contributed by atoms with E-state index >= 15 is 0 Å². The summed E-state index contributed by atoms with van der Waals surface area (Å²) in [6.07, 6.45) is 0. The minimum Gasteiger partial charge on any atom is -0.377 e. The molecule has 0 amide bonds. The molecule has 1 fully saturated rings. The molecule has 0 saturated carbocycles. The quantitative estimate of drug-likeness (QED) is 0.802. The number of hydrogen-bond donors (Lipinski definition) is 0. The van der Waals surface area contributed by atoms with Crippen LogP contribution in [-0.2, 0) is 17.9 Å². The van der Waals surface area contributed by atoms with Gasteiger partial charge in [0.15, 0.2) is 11.5 Å². The van der Waals surface area contributed by atoms with E-state index in [2.05, 4.69) is 24.9 Å². The molecule has 0 radical (unpaired) electrons. The van der Waals surface area contributed by atoms with Gasteiger partial charge < -0.3 is 14.2 Å². The van der Waals surface area contributed by atoms with Crippen LogP contribution >= 0.6 is 11.6 Å². The Hall–Kier alpha value is -2.21. The van der Waals surface area contributed by atoms with E-state index in [4.69, 9.17) is 26.1 Å². The topological polar surface area (TPSA) is 91.3 Å². The summed E-state index contributed by atoms with van der Waals surface area (Å²) >= 11 is 5.93. The number of rotatable bonds is 5. The highest BCUT2D eigenvalue weighted by molar-refractivity contribution is 6.31. The fraction of sp³-hybridized carbons (Fsp3) is 0.467. The molecular formula is C15H17ClN6O2. The third kappa shape index (κ3) is 3.82. The van der Waals surface area contributed by atoms with E-state index in [0.29, 0.717) is 29.9 Å². The highest BCUT2D eigenvalue weighted by atomic mass is 35.5. The van der Waals surface area contributed by atoms with Crippen LogP contribution in [0.25, 0.3) is 0 Å². The van der Waals surface area contributed by atoms with Crippen molar-refractivity contribution in [3.63, 3.8) is 0 Å². The number of hydrogen-bond acceptors (Lipinski definition) is 8. The SMILES string of the molecule is COCc1noc(CN2CCN(c3ccc(Cl)c(C#N)n3)CC2)n1. The van der Waals surface area contributed by atoms with Crippen LogP contribution in [0.3, 0.4) is 0 Å². The first-order chi connectivity index (χ1) is 11.7. The van der Waals surface area contributed by atoms with Gasteiger partial charge in [0.25, 0.3) is 0 Å². The predicted octanol–water partition coefficient (Wildman–Crippen LogP) is 1.46. The monoisotopic (exact) mass is 348 g/mol. The number of methoxy groups -OCH3 is 1. The third-order valence-electron chi connectivity index (χ3n) is 3.78. The molecule has 3 rings (SSSR count). The Balaban J connectivity index is 1.56. The zero-order valence-electron chi connectivity index (χ0n) is 13.3. The van der Waals surface area contributed by atoms with Crippen molar-refractivity contribution in [3.05, 3.63) is 34.6 Å². The average molecular weight is 349 g/mol. The minimum atomic E-state index is 0.258. The van der Waals surface area contributed by atoms with Crippen molar-refractivity contribution in [2.24, 2.45) is 0 Å². The molecule has 1 aliphatic rings. The maximum atomic E-state index is 9.03. The Morgan fingerprint density at radius 2 is 2.08 bits per heavy atom. The van der Waals surface area contributed by atoms with Crippen molar-refractivity contribution in [3.8, 4) is 6.07 Å². The fourth-order valence-electron chi connectivity index (χ4n) is 2.55. The lowest BCUT2D eigenvalue weighted by atomic mass is 10.3. The molecule has 0 unspecified atom stereocenters. The summed E-state index contributed by atoms with van der Waals surface area (Å²) < 4.78 is 10.2. The zero-order valence-corrected chi connectivity index (χ0v) is 14.0. The number of ether oxygens (including phenoxy) is 1. The van der Waals surface area contributed by atoms with Crippen LogP contribution < -0.4 is 4.90 Å². The summed E-state index contributed by atoms with van der Waals surface area (Å²) in [5.74, 6) is 1.92. The molecule has 3 heterocycles. The average Bonchev–Trinajstić information content (AvgIpc) is 3.03. The first-order valence-electron chi connectivity index (χ1n) is 7.54. The van der Waals surface area contributed by atoms with Gasteiger partial charge in [-0.3, -0.25) is 4.90 Å². The van der Waals surface area contributed by atoms with Crippen LogP contribution in [0.4, 0.5) is 5.82 Å². The number of halogens is 1. The summed E-state index contributed by atoms with van der Waals surface area (Å²) in [6, 6.07) is 5.56. The molecule has 2 aromatic heterocycles. The van der Waals surface area contributed by atoms with Crippen LogP contribution in [-0.4, -0.2) is 53.3 Å². The van der Waals surface area contributed by atoms with Crippen molar-refractivity contribution in [2.45, 2.75) is 13.2 Å². The number of pyridine rings is 1. The van der Waals surface area contributed by atoms with E-state index in [9.17, 15) is 0 Å². The Morgan fingerprint density at radius 1 is 1.29 bits per heavy atom. The number of piperazine rings is 1. The van der Waals surface area contributed by atoms with Crippen molar-refractivity contribution < 1.29 is 9.26 Å². The molecule has 8 nitrogen and oxygen atoms in total. The second-order valence-electron chi connectivity index (χ2n) is 5.41. The third-order valence-corrected chi connectivity index (χ3v) is 4.08. The number of anilines is 1. The molecule has 0 aliphatic carbocycles. The highest BCUT2D eigenvalue weighted by Crippen LogP contribution is 2.20. The Labute approximate surface area is 144 Å². The summed E-state index contributed by atoms with van der Waals surface area (Å²) in [7, 11) is 1.60. The minimum absolute atomic E-state index is 0.258. The van der Waals surface area contributed by atoms with Crippen LogP contribution in [0.15, 0.2) is 16.7 Å². The molecule has 0 spiro atoms. The lowest BCUT2D eigenvalue weighted by Crippen LogP contribution is -2.46. The van der Waals surface area contributed by atoms with Crippen molar-refractivity contribution in [2.75, 3.05) is 38.2 Å². The number of aromatic nitrogens is 3. The van der Waals surface area contributed by atoms with Crippen LogP contribution in [0.5, 0.6) is 0 Å². The Morgan fingerprint density at radius 3 is 2.79 bits per heavy atom. The zero-order chi connectivity index (χ0) is 16.9. The number of nitriles is 1. The van der Waals surface area contributed by atoms with Gasteiger partial charge in [0.1, 0.15) is 18.5 Å². The van der Waals surface area contributed by atoms with Crippen molar-refractivity contribution in [1.82, 2.24) is 20.0 Å². The molecule has 0 bridgehead atoms. The lowest BCUT2D eigenvalue weighted by Gasteiger charge is -2.34. The smallest absolute Gasteiger partial charge is 0.240 e. The first-order valence-corrected chi connectivity index (χ1v) is 7.91. The van der Waals surface area contributed by atoms with E-state index < -0.39 is 0 Å². The van der Waals surface area contributed by atoms with Crippen LogP contribution in [0.2, 0.25) is 5.02 Å². The highest BCUT2D eigenvalue weighted by Gasteiger charge is 2.20. The lowest BCUT2D eigenvalue weighted by molar-refractivity contribution is 0.174. The molecule has 1 saturated heterocycles. The molecule has 2 aromatic rings. The van der Waals surface area contributed by atoms with Gasteiger partial charge in [0, 0.05) is 33.3 Å². The summed E-state index contributed by atoms with van der Waals surface area (Å²) in [6.45, 7) is 4.25. The Bertz CT molecular complexity index is 736. The standard InChI is InChI=1S/C15H17ClN6O2/c1-23-10-13-19-15(24-20-13)9-21-4-6-22(7-5-21)14-3-2-11(16)12(8-17)18-14/h2-3H,4-7,9-10H2,1H3. The van der Waals surface area contributed by atoms with E-state index in [1.165, 1.54) is 0 Å². The molecule has 0 atom stereocenters. The maximum absolute atomic E-state index is 9.03. The predicted molar refractivity (Wildman–Crippen MR) is 86.5 cm³/mol. The van der Waals surface area contributed by atoms with E-state index in [0.717, 1.165) is 32.0 Å². The van der Waals surface area contributed by atoms with Gasteiger partial charge in [-0.25, -0.2) is 4.98 Å². The van der Waals surface area contributed by atoms with E-state index in [-0.39, 0.29) is 5.69 Å². The van der Waals surface area contributed by atoms with Gasteiger partial charge in [-0.15, -0.1) is 0 Å². The van der Waals surface area contributed by atoms with Gasteiger partial charge in [-0.05, 0) is 12.1 Å². The molecule has 24 heavy (non-hydrogen) atoms. The largest absolute Gasteiger partial charge is 0.377 e. The first kappa shape index (κ1) is 16.6. The van der Waals surface area contributed by atoms with E-state index in [1.54, 1.807) is 13.2 Å². The molecule has 126 valence electrons. The summed E-state index contributed by atoms with van der Waals surface area (Å²) in [4.78, 5) is 13.0. The molecule has 9 heteroatoms. The summed E-state index contributed by atoms with van der Waals surface area (Å²) in [5.41, 5.74) is 0.258. The van der Waals surface area contributed by atoms with Gasteiger partial charge in [0.2, 0.25) is 5.89 Å². The second kappa shape index (κ2) is 7.57. The van der Waals surface area contributed by atoms with E-state index in [1.807, 2.05) is 12.1 Å². The van der Waals surface area contributed by atoms with Gasteiger partial charge in [-0.1, -0.05) is 16.8 Å². The van der Waals surface area contributed by atoms with Gasteiger partial charge in [0.05, 0.1) is 11.6 Å².